The lowest BCUT2D eigenvalue weighted by molar-refractivity contribution is -0.117. The largest absolute Gasteiger partial charge is 0.495 e. The second-order valence-electron chi connectivity index (χ2n) is 8.16. The summed E-state index contributed by atoms with van der Waals surface area (Å²) < 4.78 is 21.5. The van der Waals surface area contributed by atoms with Crippen LogP contribution in [-0.4, -0.2) is 45.2 Å². The molecule has 0 spiro atoms. The van der Waals surface area contributed by atoms with E-state index in [2.05, 4.69) is 5.32 Å². The van der Waals surface area contributed by atoms with Crippen LogP contribution in [0.4, 0.5) is 5.69 Å². The van der Waals surface area contributed by atoms with Crippen molar-refractivity contribution < 1.29 is 28.5 Å². The van der Waals surface area contributed by atoms with E-state index in [-0.39, 0.29) is 18.2 Å². The van der Waals surface area contributed by atoms with Gasteiger partial charge in [0, 0.05) is 18.2 Å². The number of carbonyl (C=O) groups excluding carboxylic acids is 2. The van der Waals surface area contributed by atoms with Crippen LogP contribution in [0.25, 0.3) is 0 Å². The van der Waals surface area contributed by atoms with Crippen molar-refractivity contribution in [2.45, 2.75) is 19.0 Å². The third-order valence-electron chi connectivity index (χ3n) is 6.14. The second kappa shape index (κ2) is 10.8. The van der Waals surface area contributed by atoms with Crippen LogP contribution in [-0.2, 0) is 11.3 Å². The number of fused-ring (bicyclic) bond motifs is 1. The van der Waals surface area contributed by atoms with E-state index in [1.807, 2.05) is 24.3 Å². The Balaban J connectivity index is 1.67. The number of methoxy groups -OCH3 is 4. The van der Waals surface area contributed by atoms with Gasteiger partial charge in [0.25, 0.3) is 5.91 Å². The standard InChI is InChI=1S/C27H27ClN2O6/c1-33-22-10-9-16(11-25(22)36-4)21(30-15-17-7-5-6-8-18(17)27(30)32)13-26(31)29-20-12-19(28)23(34-2)14-24(20)35-3/h5-12,14,21H,13,15H2,1-4H3,(H,29,31). The molecule has 1 aliphatic heterocycles. The Bertz CT molecular complexity index is 1300. The maximum Gasteiger partial charge on any atom is 0.255 e. The zero-order chi connectivity index (χ0) is 25.8. The van der Waals surface area contributed by atoms with Crippen molar-refractivity contribution in [2.24, 2.45) is 0 Å². The van der Waals surface area contributed by atoms with Crippen molar-refractivity contribution in [2.75, 3.05) is 33.8 Å². The Kier molecular flexibility index (Phi) is 7.55. The third-order valence-corrected chi connectivity index (χ3v) is 6.44. The molecule has 4 rings (SSSR count). The molecule has 0 fully saturated rings. The molecular weight excluding hydrogens is 484 g/mol. The molecule has 9 heteroatoms. The van der Waals surface area contributed by atoms with Gasteiger partial charge in [-0.15, -0.1) is 0 Å². The predicted molar refractivity (Wildman–Crippen MR) is 136 cm³/mol. The van der Waals surface area contributed by atoms with Gasteiger partial charge in [0.15, 0.2) is 11.5 Å². The fourth-order valence-electron chi connectivity index (χ4n) is 4.33. The molecule has 2 amide bonds. The summed E-state index contributed by atoms with van der Waals surface area (Å²) in [6, 6.07) is 15.4. The molecule has 188 valence electrons. The van der Waals surface area contributed by atoms with Gasteiger partial charge in [-0.25, -0.2) is 0 Å². The van der Waals surface area contributed by atoms with Crippen LogP contribution in [0.15, 0.2) is 54.6 Å². The van der Waals surface area contributed by atoms with Crippen LogP contribution in [0.1, 0.15) is 33.9 Å². The maximum absolute atomic E-state index is 13.3. The summed E-state index contributed by atoms with van der Waals surface area (Å²) in [5.41, 5.74) is 2.68. The highest BCUT2D eigenvalue weighted by Gasteiger charge is 2.35. The van der Waals surface area contributed by atoms with Gasteiger partial charge in [-0.05, 0) is 35.4 Å². The molecule has 0 saturated heterocycles. The number of nitrogens with one attached hydrogen (secondary N) is 1. The van der Waals surface area contributed by atoms with Gasteiger partial charge >= 0.3 is 0 Å². The Hall–Kier alpha value is -3.91. The summed E-state index contributed by atoms with van der Waals surface area (Å²) in [7, 11) is 6.08. The minimum atomic E-state index is -0.565. The number of ether oxygens (including phenoxy) is 4. The molecular formula is C27H27ClN2O6. The van der Waals surface area contributed by atoms with Crippen LogP contribution < -0.4 is 24.3 Å². The molecule has 36 heavy (non-hydrogen) atoms. The molecule has 1 unspecified atom stereocenters. The highest BCUT2D eigenvalue weighted by atomic mass is 35.5. The molecule has 8 nitrogen and oxygen atoms in total. The number of rotatable bonds is 9. The van der Waals surface area contributed by atoms with Crippen LogP contribution in [0.2, 0.25) is 5.02 Å². The van der Waals surface area contributed by atoms with E-state index in [1.165, 1.54) is 14.2 Å². The second-order valence-corrected chi connectivity index (χ2v) is 8.57. The Morgan fingerprint density at radius 2 is 1.61 bits per heavy atom. The summed E-state index contributed by atoms with van der Waals surface area (Å²) in [6.07, 6.45) is -0.0119. The lowest BCUT2D eigenvalue weighted by Gasteiger charge is -2.28. The average Bonchev–Trinajstić information content (AvgIpc) is 3.23. The minimum Gasteiger partial charge on any atom is -0.495 e. The lowest BCUT2D eigenvalue weighted by Crippen LogP contribution is -2.32. The summed E-state index contributed by atoms with van der Waals surface area (Å²) in [4.78, 5) is 28.3. The molecule has 0 radical (unpaired) electrons. The van der Waals surface area contributed by atoms with Gasteiger partial charge in [-0.2, -0.15) is 0 Å². The van der Waals surface area contributed by atoms with E-state index in [1.54, 1.807) is 49.5 Å². The molecule has 0 aliphatic carbocycles. The first kappa shape index (κ1) is 25.2. The normalized spacial score (nSPS) is 13.1. The third kappa shape index (κ3) is 4.90. The zero-order valence-corrected chi connectivity index (χ0v) is 21.2. The van der Waals surface area contributed by atoms with Crippen LogP contribution in [0.5, 0.6) is 23.0 Å². The highest BCUT2D eigenvalue weighted by Crippen LogP contribution is 2.39. The van der Waals surface area contributed by atoms with Crippen molar-refractivity contribution in [3.63, 3.8) is 0 Å². The molecule has 0 bridgehead atoms. The number of amides is 2. The van der Waals surface area contributed by atoms with Crippen LogP contribution in [0.3, 0.4) is 0 Å². The lowest BCUT2D eigenvalue weighted by atomic mass is 10.0. The predicted octanol–water partition coefficient (Wildman–Crippen LogP) is 5.10. The smallest absolute Gasteiger partial charge is 0.255 e. The molecule has 1 aliphatic rings. The maximum atomic E-state index is 13.3. The fourth-order valence-corrected chi connectivity index (χ4v) is 4.57. The Morgan fingerprint density at radius 3 is 2.28 bits per heavy atom. The molecule has 0 saturated carbocycles. The van der Waals surface area contributed by atoms with Gasteiger partial charge in [-0.3, -0.25) is 9.59 Å². The number of benzene rings is 3. The van der Waals surface area contributed by atoms with E-state index >= 15 is 0 Å². The number of anilines is 1. The summed E-state index contributed by atoms with van der Waals surface area (Å²) in [5.74, 6) is 1.43. The quantitative estimate of drug-likeness (QED) is 0.431. The van der Waals surface area contributed by atoms with Crippen molar-refractivity contribution in [3.05, 3.63) is 76.3 Å². The van der Waals surface area contributed by atoms with E-state index in [4.69, 9.17) is 30.5 Å². The first-order valence-corrected chi connectivity index (χ1v) is 11.6. The van der Waals surface area contributed by atoms with E-state index in [0.29, 0.717) is 45.8 Å². The molecule has 1 atom stereocenters. The number of carbonyl (C=O) groups is 2. The molecule has 3 aromatic rings. The van der Waals surface area contributed by atoms with E-state index < -0.39 is 6.04 Å². The van der Waals surface area contributed by atoms with Gasteiger partial charge in [0.1, 0.15) is 11.5 Å². The van der Waals surface area contributed by atoms with Crippen LogP contribution >= 0.6 is 11.6 Å². The fraction of sp³-hybridized carbons (Fsp3) is 0.259. The first-order valence-electron chi connectivity index (χ1n) is 11.2. The number of halogens is 1. The number of hydrogen-bond acceptors (Lipinski definition) is 6. The van der Waals surface area contributed by atoms with Crippen LogP contribution in [0, 0.1) is 0 Å². The van der Waals surface area contributed by atoms with Crippen molar-refractivity contribution in [1.29, 1.82) is 0 Å². The Labute approximate surface area is 214 Å². The summed E-state index contributed by atoms with van der Waals surface area (Å²) in [6.45, 7) is 0.388. The van der Waals surface area contributed by atoms with E-state index in [9.17, 15) is 9.59 Å². The number of nitrogens with zero attached hydrogens (tertiary/aromatic N) is 1. The SMILES string of the molecule is COc1cc(OC)c(NC(=O)CC(c2ccc(OC)c(OC)c2)N2Cc3ccccc3C2=O)cc1Cl. The summed E-state index contributed by atoms with van der Waals surface area (Å²) in [5, 5.41) is 3.20. The van der Waals surface area contributed by atoms with Gasteiger partial charge < -0.3 is 29.2 Å². The Morgan fingerprint density at radius 1 is 0.917 bits per heavy atom. The zero-order valence-electron chi connectivity index (χ0n) is 20.5. The van der Waals surface area contributed by atoms with Gasteiger partial charge in [-0.1, -0.05) is 35.9 Å². The topological polar surface area (TPSA) is 86.3 Å². The highest BCUT2D eigenvalue weighted by molar-refractivity contribution is 6.32. The van der Waals surface area contributed by atoms with E-state index in [0.717, 1.165) is 11.1 Å². The van der Waals surface area contributed by atoms with Gasteiger partial charge in [0.05, 0.1) is 51.6 Å². The van der Waals surface area contributed by atoms with Crippen molar-refractivity contribution >= 4 is 29.1 Å². The average molecular weight is 511 g/mol. The first-order chi connectivity index (χ1) is 17.4. The molecule has 0 aromatic heterocycles. The summed E-state index contributed by atoms with van der Waals surface area (Å²) >= 11 is 6.27. The van der Waals surface area contributed by atoms with Crippen molar-refractivity contribution in [1.82, 2.24) is 4.90 Å². The number of hydrogen-bond donors (Lipinski definition) is 1. The minimum absolute atomic E-state index is 0.0119. The monoisotopic (exact) mass is 510 g/mol. The molecule has 1 N–H and O–H groups in total. The molecule has 3 aromatic carbocycles. The molecule has 1 heterocycles. The van der Waals surface area contributed by atoms with Gasteiger partial charge in [0.2, 0.25) is 5.91 Å². The van der Waals surface area contributed by atoms with Crippen molar-refractivity contribution in [3.8, 4) is 23.0 Å².